The number of fused-ring (bicyclic) bond motifs is 1. The molecule has 1 N–H and O–H groups in total. The first-order chi connectivity index (χ1) is 13.3. The van der Waals surface area contributed by atoms with Crippen LogP contribution in [0.4, 0.5) is 15.9 Å². The van der Waals surface area contributed by atoms with Crippen LogP contribution in [0.25, 0.3) is 16.7 Å². The molecule has 0 amide bonds. The van der Waals surface area contributed by atoms with E-state index in [2.05, 4.69) is 15.3 Å². The lowest BCUT2D eigenvalue weighted by Crippen LogP contribution is -2.02. The van der Waals surface area contributed by atoms with Gasteiger partial charge in [-0.2, -0.15) is 0 Å². The maximum absolute atomic E-state index is 13.4. The van der Waals surface area contributed by atoms with Gasteiger partial charge in [-0.15, -0.1) is 0 Å². The fourth-order valence-corrected chi connectivity index (χ4v) is 3.56. The molecule has 0 saturated heterocycles. The first kappa shape index (κ1) is 18.4. The molecule has 2 aromatic heterocycles. The number of nitrogens with one attached hydrogen (secondary N) is 1. The van der Waals surface area contributed by atoms with Crippen LogP contribution in [0, 0.1) is 33.5 Å². The molecule has 4 rings (SSSR count). The Morgan fingerprint density at radius 3 is 2.36 bits per heavy atom. The quantitative estimate of drug-likeness (QED) is 0.450. The standard InChI is InChI=1S/C22H20ClFN4/c1-12-5-8-17(11-19(12)23)27-21-20-13(2)14(3)28(22(20)26-15(4)25-21)18-9-6-16(24)7-10-18/h5-11H,1-4H3,(H,25,26,27). The number of halogens is 2. The number of rotatable bonds is 3. The summed E-state index contributed by atoms with van der Waals surface area (Å²) in [5, 5.41) is 5.02. The minimum absolute atomic E-state index is 0.265. The largest absolute Gasteiger partial charge is 0.340 e. The molecule has 0 fully saturated rings. The summed E-state index contributed by atoms with van der Waals surface area (Å²) in [5.74, 6) is 1.11. The van der Waals surface area contributed by atoms with Crippen LogP contribution in [0.15, 0.2) is 42.5 Å². The van der Waals surface area contributed by atoms with E-state index in [0.717, 1.165) is 45.0 Å². The number of hydrogen-bond acceptors (Lipinski definition) is 3. The molecule has 6 heteroatoms. The second-order valence-electron chi connectivity index (χ2n) is 6.93. The Kier molecular flexibility index (Phi) is 4.55. The lowest BCUT2D eigenvalue weighted by Gasteiger charge is -2.11. The van der Waals surface area contributed by atoms with Crippen molar-refractivity contribution in [2.75, 3.05) is 5.32 Å². The molecule has 0 saturated carbocycles. The van der Waals surface area contributed by atoms with Crippen molar-refractivity contribution in [1.82, 2.24) is 14.5 Å². The summed E-state index contributed by atoms with van der Waals surface area (Å²) < 4.78 is 15.4. The first-order valence-corrected chi connectivity index (χ1v) is 9.38. The highest BCUT2D eigenvalue weighted by Gasteiger charge is 2.19. The second kappa shape index (κ2) is 6.91. The Morgan fingerprint density at radius 1 is 0.964 bits per heavy atom. The third-order valence-electron chi connectivity index (χ3n) is 4.99. The predicted octanol–water partition coefficient (Wildman–Crippen LogP) is 6.19. The van der Waals surface area contributed by atoms with Crippen molar-refractivity contribution in [1.29, 1.82) is 0 Å². The minimum atomic E-state index is -0.265. The molecule has 4 nitrogen and oxygen atoms in total. The molecule has 0 radical (unpaired) electrons. The summed E-state index contributed by atoms with van der Waals surface area (Å²) in [6.07, 6.45) is 0. The fourth-order valence-electron chi connectivity index (χ4n) is 3.38. The van der Waals surface area contributed by atoms with Crippen molar-refractivity contribution in [2.24, 2.45) is 0 Å². The summed E-state index contributed by atoms with van der Waals surface area (Å²) in [7, 11) is 0. The van der Waals surface area contributed by atoms with Gasteiger partial charge in [-0.25, -0.2) is 14.4 Å². The molecular weight excluding hydrogens is 375 g/mol. The van der Waals surface area contributed by atoms with E-state index in [4.69, 9.17) is 11.6 Å². The molecule has 2 heterocycles. The van der Waals surface area contributed by atoms with Gasteiger partial charge in [0.2, 0.25) is 0 Å². The zero-order valence-corrected chi connectivity index (χ0v) is 16.9. The van der Waals surface area contributed by atoms with Crippen LogP contribution in [0.5, 0.6) is 0 Å². The molecule has 0 aliphatic heterocycles. The molecule has 0 spiro atoms. The van der Waals surface area contributed by atoms with E-state index in [1.54, 1.807) is 12.1 Å². The van der Waals surface area contributed by atoms with Gasteiger partial charge in [0.1, 0.15) is 17.5 Å². The number of nitrogens with zero attached hydrogens (tertiary/aromatic N) is 3. The van der Waals surface area contributed by atoms with Crippen molar-refractivity contribution in [2.45, 2.75) is 27.7 Å². The smallest absolute Gasteiger partial charge is 0.150 e. The number of hydrogen-bond donors (Lipinski definition) is 1. The zero-order valence-electron chi connectivity index (χ0n) is 16.1. The highest BCUT2D eigenvalue weighted by molar-refractivity contribution is 6.31. The van der Waals surface area contributed by atoms with Gasteiger partial charge in [-0.3, -0.25) is 4.57 Å². The van der Waals surface area contributed by atoms with Crippen LogP contribution >= 0.6 is 11.6 Å². The van der Waals surface area contributed by atoms with E-state index in [-0.39, 0.29) is 5.82 Å². The van der Waals surface area contributed by atoms with Crippen molar-refractivity contribution in [3.63, 3.8) is 0 Å². The Morgan fingerprint density at radius 2 is 1.68 bits per heavy atom. The van der Waals surface area contributed by atoms with E-state index in [1.165, 1.54) is 12.1 Å². The fraction of sp³-hybridized carbons (Fsp3) is 0.182. The summed E-state index contributed by atoms with van der Waals surface area (Å²) in [4.78, 5) is 9.32. The van der Waals surface area contributed by atoms with E-state index in [1.807, 2.05) is 50.5 Å². The number of aromatic nitrogens is 3. The molecule has 0 unspecified atom stereocenters. The maximum Gasteiger partial charge on any atom is 0.150 e. The maximum atomic E-state index is 13.4. The Bertz CT molecular complexity index is 1200. The van der Waals surface area contributed by atoms with Crippen LogP contribution in [0.3, 0.4) is 0 Å². The van der Waals surface area contributed by atoms with E-state index < -0.39 is 0 Å². The van der Waals surface area contributed by atoms with Gasteiger partial charge in [0.15, 0.2) is 5.65 Å². The van der Waals surface area contributed by atoms with Gasteiger partial charge in [0.05, 0.1) is 5.39 Å². The normalized spacial score (nSPS) is 11.2. The minimum Gasteiger partial charge on any atom is -0.340 e. The summed E-state index contributed by atoms with van der Waals surface area (Å²) in [6, 6.07) is 12.3. The van der Waals surface area contributed by atoms with Crippen LogP contribution in [0.2, 0.25) is 5.02 Å². The first-order valence-electron chi connectivity index (χ1n) is 9.00. The van der Waals surface area contributed by atoms with E-state index >= 15 is 0 Å². The highest BCUT2D eigenvalue weighted by Crippen LogP contribution is 2.33. The topological polar surface area (TPSA) is 42.7 Å². The van der Waals surface area contributed by atoms with Crippen molar-refractivity contribution in [3.05, 3.63) is 75.9 Å². The third-order valence-corrected chi connectivity index (χ3v) is 5.39. The molecule has 28 heavy (non-hydrogen) atoms. The average molecular weight is 395 g/mol. The van der Waals surface area contributed by atoms with Crippen molar-refractivity contribution >= 4 is 34.1 Å². The van der Waals surface area contributed by atoms with Gasteiger partial charge < -0.3 is 5.32 Å². The molecule has 0 aliphatic carbocycles. The van der Waals surface area contributed by atoms with Crippen LogP contribution in [-0.4, -0.2) is 14.5 Å². The highest BCUT2D eigenvalue weighted by atomic mass is 35.5. The van der Waals surface area contributed by atoms with E-state index in [0.29, 0.717) is 10.8 Å². The molecule has 0 aliphatic rings. The lowest BCUT2D eigenvalue weighted by molar-refractivity contribution is 0.627. The van der Waals surface area contributed by atoms with Gasteiger partial charge >= 0.3 is 0 Å². The van der Waals surface area contributed by atoms with Gasteiger partial charge in [-0.1, -0.05) is 17.7 Å². The van der Waals surface area contributed by atoms with Crippen molar-refractivity contribution in [3.8, 4) is 5.69 Å². The molecule has 0 bridgehead atoms. The zero-order chi connectivity index (χ0) is 20.0. The lowest BCUT2D eigenvalue weighted by atomic mass is 10.2. The summed E-state index contributed by atoms with van der Waals surface area (Å²) >= 11 is 6.28. The number of anilines is 2. The number of benzene rings is 2. The molecule has 142 valence electrons. The van der Waals surface area contributed by atoms with Crippen molar-refractivity contribution < 1.29 is 4.39 Å². The molecule has 4 aromatic rings. The Labute approximate surface area is 168 Å². The summed E-state index contributed by atoms with van der Waals surface area (Å²) in [6.45, 7) is 7.90. The molecule has 0 atom stereocenters. The van der Waals surface area contributed by atoms with Crippen LogP contribution in [0.1, 0.15) is 22.6 Å². The average Bonchev–Trinajstić information content (AvgIpc) is 2.90. The van der Waals surface area contributed by atoms with Gasteiger partial charge in [0, 0.05) is 22.1 Å². The Hall–Kier alpha value is -2.92. The Balaban J connectivity index is 1.92. The third kappa shape index (κ3) is 3.12. The SMILES string of the molecule is Cc1nc(Nc2ccc(C)c(Cl)c2)c2c(C)c(C)n(-c3ccc(F)cc3)c2n1. The van der Waals surface area contributed by atoms with Crippen LogP contribution < -0.4 is 5.32 Å². The number of aryl methyl sites for hydroxylation is 3. The molecule has 2 aromatic carbocycles. The molecular formula is C22H20ClFN4. The summed E-state index contributed by atoms with van der Waals surface area (Å²) in [5.41, 5.74) is 5.63. The van der Waals surface area contributed by atoms with Gasteiger partial charge in [-0.05, 0) is 75.2 Å². The second-order valence-corrected chi connectivity index (χ2v) is 7.34. The predicted molar refractivity (Wildman–Crippen MR) is 113 cm³/mol. The van der Waals surface area contributed by atoms with Gasteiger partial charge in [0.25, 0.3) is 0 Å². The van der Waals surface area contributed by atoms with E-state index in [9.17, 15) is 4.39 Å². The van der Waals surface area contributed by atoms with Crippen LogP contribution in [-0.2, 0) is 0 Å². The monoisotopic (exact) mass is 394 g/mol.